The van der Waals surface area contributed by atoms with Crippen LogP contribution in [0.2, 0.25) is 0 Å². The number of hydrogen-bond donors (Lipinski definition) is 1. The maximum atomic E-state index is 5.88. The third kappa shape index (κ3) is 3.93. The molecule has 0 aromatic heterocycles. The van der Waals surface area contributed by atoms with Gasteiger partial charge in [-0.3, -0.25) is 0 Å². The third-order valence-electron chi connectivity index (χ3n) is 2.80. The molecule has 2 N–H and O–H groups in total. The molecule has 0 aliphatic rings. The molecule has 1 aromatic rings. The topological polar surface area (TPSA) is 44.5 Å². The average Bonchev–Trinajstić information content (AvgIpc) is 2.38. The summed E-state index contributed by atoms with van der Waals surface area (Å²) < 4.78 is 11.2. The van der Waals surface area contributed by atoms with Crippen molar-refractivity contribution in [2.24, 2.45) is 5.73 Å². The van der Waals surface area contributed by atoms with Crippen LogP contribution in [0.4, 0.5) is 0 Å². The van der Waals surface area contributed by atoms with E-state index in [1.807, 2.05) is 12.1 Å². The molecule has 0 radical (unpaired) electrons. The number of rotatable bonds is 7. The Balaban J connectivity index is 2.81. The average molecular weight is 237 g/mol. The number of ether oxygens (including phenoxy) is 2. The van der Waals surface area contributed by atoms with Gasteiger partial charge < -0.3 is 15.2 Å². The number of hydrogen-bond acceptors (Lipinski definition) is 3. The molecular formula is C14H23NO2. The molecule has 3 nitrogen and oxygen atoms in total. The summed E-state index contributed by atoms with van der Waals surface area (Å²) >= 11 is 0. The fourth-order valence-electron chi connectivity index (χ4n) is 1.76. The van der Waals surface area contributed by atoms with Gasteiger partial charge in [-0.15, -0.1) is 0 Å². The van der Waals surface area contributed by atoms with Crippen molar-refractivity contribution in [2.45, 2.75) is 39.2 Å². The van der Waals surface area contributed by atoms with E-state index in [-0.39, 0.29) is 6.10 Å². The van der Waals surface area contributed by atoms with Crippen molar-refractivity contribution < 1.29 is 9.47 Å². The lowest BCUT2D eigenvalue weighted by Crippen LogP contribution is -2.26. The summed E-state index contributed by atoms with van der Waals surface area (Å²) in [5.74, 6) is 1.58. The minimum atomic E-state index is 0.0707. The summed E-state index contributed by atoms with van der Waals surface area (Å²) in [7, 11) is 1.67. The SMILES string of the molecule is CCCC(CN)Oc1ccc(CC)cc1OC. The van der Waals surface area contributed by atoms with Gasteiger partial charge in [0, 0.05) is 6.54 Å². The molecule has 0 fully saturated rings. The minimum absolute atomic E-state index is 0.0707. The van der Waals surface area contributed by atoms with E-state index in [9.17, 15) is 0 Å². The minimum Gasteiger partial charge on any atom is -0.493 e. The van der Waals surface area contributed by atoms with Gasteiger partial charge in [-0.2, -0.15) is 0 Å². The Kier molecular flexibility index (Phi) is 5.84. The molecule has 0 spiro atoms. The van der Waals surface area contributed by atoms with E-state index >= 15 is 0 Å². The van der Waals surface area contributed by atoms with Crippen LogP contribution in [-0.4, -0.2) is 19.8 Å². The highest BCUT2D eigenvalue weighted by Gasteiger charge is 2.11. The van der Waals surface area contributed by atoms with Gasteiger partial charge in [-0.05, 0) is 30.5 Å². The third-order valence-corrected chi connectivity index (χ3v) is 2.80. The predicted molar refractivity (Wildman–Crippen MR) is 70.8 cm³/mol. The van der Waals surface area contributed by atoms with Crippen molar-refractivity contribution in [3.63, 3.8) is 0 Å². The van der Waals surface area contributed by atoms with Crippen molar-refractivity contribution in [2.75, 3.05) is 13.7 Å². The summed E-state index contributed by atoms with van der Waals surface area (Å²) in [4.78, 5) is 0. The van der Waals surface area contributed by atoms with Crippen LogP contribution in [0.15, 0.2) is 18.2 Å². The Morgan fingerprint density at radius 2 is 2.00 bits per heavy atom. The monoisotopic (exact) mass is 237 g/mol. The predicted octanol–water partition coefficient (Wildman–Crippen LogP) is 2.76. The Labute approximate surface area is 104 Å². The van der Waals surface area contributed by atoms with E-state index < -0.39 is 0 Å². The standard InChI is InChI=1S/C14H23NO2/c1-4-6-12(10-15)17-13-8-7-11(5-2)9-14(13)16-3/h7-9,12H,4-6,10,15H2,1-3H3. The van der Waals surface area contributed by atoms with Crippen LogP contribution in [-0.2, 0) is 6.42 Å². The van der Waals surface area contributed by atoms with Crippen molar-refractivity contribution in [1.29, 1.82) is 0 Å². The molecule has 0 saturated heterocycles. The van der Waals surface area contributed by atoms with Crippen LogP contribution < -0.4 is 15.2 Å². The fraction of sp³-hybridized carbons (Fsp3) is 0.571. The van der Waals surface area contributed by atoms with Gasteiger partial charge in [0.2, 0.25) is 0 Å². The molecule has 0 amide bonds. The van der Waals surface area contributed by atoms with Gasteiger partial charge >= 0.3 is 0 Å². The lowest BCUT2D eigenvalue weighted by Gasteiger charge is -2.19. The zero-order valence-electron chi connectivity index (χ0n) is 11.0. The molecule has 0 aliphatic heterocycles. The van der Waals surface area contributed by atoms with Gasteiger partial charge in [-0.25, -0.2) is 0 Å². The highest BCUT2D eigenvalue weighted by atomic mass is 16.5. The highest BCUT2D eigenvalue weighted by Crippen LogP contribution is 2.29. The van der Waals surface area contributed by atoms with Crippen LogP contribution in [0.5, 0.6) is 11.5 Å². The fourth-order valence-corrected chi connectivity index (χ4v) is 1.76. The number of benzene rings is 1. The maximum absolute atomic E-state index is 5.88. The molecule has 1 rings (SSSR count). The normalized spacial score (nSPS) is 12.2. The lowest BCUT2D eigenvalue weighted by molar-refractivity contribution is 0.190. The van der Waals surface area contributed by atoms with Crippen LogP contribution in [0.3, 0.4) is 0 Å². The van der Waals surface area contributed by atoms with Crippen LogP contribution in [0.25, 0.3) is 0 Å². The smallest absolute Gasteiger partial charge is 0.161 e. The van der Waals surface area contributed by atoms with E-state index in [0.717, 1.165) is 30.8 Å². The van der Waals surface area contributed by atoms with Gasteiger partial charge in [-0.1, -0.05) is 26.3 Å². The first-order chi connectivity index (χ1) is 8.24. The first kappa shape index (κ1) is 13.8. The quantitative estimate of drug-likeness (QED) is 0.793. The molecule has 1 unspecified atom stereocenters. The van der Waals surface area contributed by atoms with E-state index in [1.165, 1.54) is 5.56 Å². The van der Waals surface area contributed by atoms with Crippen LogP contribution >= 0.6 is 0 Å². The number of aryl methyl sites for hydroxylation is 1. The van der Waals surface area contributed by atoms with E-state index in [1.54, 1.807) is 7.11 Å². The molecule has 1 aromatic carbocycles. The Morgan fingerprint density at radius 1 is 1.24 bits per heavy atom. The summed E-state index contributed by atoms with van der Waals surface area (Å²) in [5, 5.41) is 0. The van der Waals surface area contributed by atoms with Crippen molar-refractivity contribution in [3.05, 3.63) is 23.8 Å². The van der Waals surface area contributed by atoms with Gasteiger partial charge in [0.05, 0.1) is 7.11 Å². The van der Waals surface area contributed by atoms with Gasteiger partial charge in [0.25, 0.3) is 0 Å². The van der Waals surface area contributed by atoms with Crippen molar-refractivity contribution in [1.82, 2.24) is 0 Å². The molecule has 17 heavy (non-hydrogen) atoms. The molecular weight excluding hydrogens is 214 g/mol. The molecule has 0 heterocycles. The summed E-state index contributed by atoms with van der Waals surface area (Å²) in [6.45, 7) is 4.78. The van der Waals surface area contributed by atoms with Gasteiger partial charge in [0.15, 0.2) is 11.5 Å². The van der Waals surface area contributed by atoms with E-state index in [0.29, 0.717) is 6.54 Å². The van der Waals surface area contributed by atoms with E-state index in [2.05, 4.69) is 19.9 Å². The van der Waals surface area contributed by atoms with Crippen LogP contribution in [0, 0.1) is 0 Å². The zero-order valence-corrected chi connectivity index (χ0v) is 11.0. The number of methoxy groups -OCH3 is 1. The highest BCUT2D eigenvalue weighted by molar-refractivity contribution is 5.43. The van der Waals surface area contributed by atoms with Crippen molar-refractivity contribution in [3.8, 4) is 11.5 Å². The second kappa shape index (κ2) is 7.17. The Hall–Kier alpha value is -1.22. The summed E-state index contributed by atoms with van der Waals surface area (Å²) in [6, 6.07) is 6.06. The molecule has 0 saturated carbocycles. The molecule has 0 bridgehead atoms. The van der Waals surface area contributed by atoms with Crippen LogP contribution in [0.1, 0.15) is 32.3 Å². The maximum Gasteiger partial charge on any atom is 0.161 e. The van der Waals surface area contributed by atoms with Crippen molar-refractivity contribution >= 4 is 0 Å². The van der Waals surface area contributed by atoms with E-state index in [4.69, 9.17) is 15.2 Å². The number of nitrogens with two attached hydrogens (primary N) is 1. The lowest BCUT2D eigenvalue weighted by atomic mass is 10.1. The largest absolute Gasteiger partial charge is 0.493 e. The first-order valence-corrected chi connectivity index (χ1v) is 6.28. The molecule has 3 heteroatoms. The second-order valence-corrected chi connectivity index (χ2v) is 4.10. The second-order valence-electron chi connectivity index (χ2n) is 4.10. The molecule has 96 valence electrons. The molecule has 1 atom stereocenters. The summed E-state index contributed by atoms with van der Waals surface area (Å²) in [6.07, 6.45) is 3.10. The Bertz CT molecular complexity index is 339. The zero-order chi connectivity index (χ0) is 12.7. The summed E-state index contributed by atoms with van der Waals surface area (Å²) in [5.41, 5.74) is 6.93. The first-order valence-electron chi connectivity index (χ1n) is 6.28. The molecule has 0 aliphatic carbocycles. The van der Waals surface area contributed by atoms with Gasteiger partial charge in [0.1, 0.15) is 6.10 Å². The Morgan fingerprint density at radius 3 is 2.53 bits per heavy atom.